The van der Waals surface area contributed by atoms with Crippen molar-refractivity contribution in [2.45, 2.75) is 192 Å². The van der Waals surface area contributed by atoms with Crippen LogP contribution in [0.4, 0.5) is 0 Å². The standard InChI is InChI=1S/C44H78O14P2/c1-3-5-7-9-11-12-13-14-15-16-17-18-21-25-29-33-43(46)53-37-40(38-56-60(51,52)55-36-39(45)35-54-59(48,49)50)57-44(47)34-30-26-22-19-20-24-28-32-42-41(58-42)31-27-23-10-8-6-4-2/h12-13,19,22-24,27-28,39-42,45H,3-11,14-18,20-21,25-26,29-38H2,1-2H3,(H,51,52)(H2,48,49,50)/b13-12-,22-19-,27-23-,28-24-/t39-,40+,41?,42?/m0/s1. The molecule has 0 aromatic heterocycles. The molecule has 0 aromatic rings. The van der Waals surface area contributed by atoms with Gasteiger partial charge >= 0.3 is 27.6 Å². The van der Waals surface area contributed by atoms with E-state index in [1.165, 1.54) is 64.2 Å². The second-order valence-electron chi connectivity index (χ2n) is 15.4. The molecular weight excluding hydrogens is 814 g/mol. The van der Waals surface area contributed by atoms with Gasteiger partial charge in [0, 0.05) is 12.8 Å². The molecule has 1 heterocycles. The zero-order valence-electron chi connectivity index (χ0n) is 36.5. The molecule has 60 heavy (non-hydrogen) atoms. The Bertz CT molecular complexity index is 1310. The van der Waals surface area contributed by atoms with E-state index in [0.29, 0.717) is 31.5 Å². The lowest BCUT2D eigenvalue weighted by Gasteiger charge is -2.20. The van der Waals surface area contributed by atoms with Crippen LogP contribution in [0.3, 0.4) is 0 Å². The summed E-state index contributed by atoms with van der Waals surface area (Å²) < 4.78 is 53.5. The van der Waals surface area contributed by atoms with Crippen molar-refractivity contribution in [3.05, 3.63) is 48.6 Å². The van der Waals surface area contributed by atoms with Gasteiger partial charge in [-0.25, -0.2) is 9.13 Å². The molecule has 0 bridgehead atoms. The van der Waals surface area contributed by atoms with Gasteiger partial charge in [-0.2, -0.15) is 0 Å². The molecule has 4 N–H and O–H groups in total. The third-order valence-electron chi connectivity index (χ3n) is 9.58. The van der Waals surface area contributed by atoms with Gasteiger partial charge in [0.2, 0.25) is 0 Å². The molecule has 0 spiro atoms. The first-order chi connectivity index (χ1) is 28.8. The highest BCUT2D eigenvalue weighted by molar-refractivity contribution is 7.47. The van der Waals surface area contributed by atoms with Crippen molar-refractivity contribution in [1.29, 1.82) is 0 Å². The van der Waals surface area contributed by atoms with Gasteiger partial charge in [-0.3, -0.25) is 23.2 Å². The Kier molecular flexibility index (Phi) is 34.1. The number of hydrogen-bond donors (Lipinski definition) is 4. The molecule has 348 valence electrons. The summed E-state index contributed by atoms with van der Waals surface area (Å²) in [5.41, 5.74) is 0. The number of hydrogen-bond acceptors (Lipinski definition) is 11. The largest absolute Gasteiger partial charge is 0.472 e. The third kappa shape index (κ3) is 36.7. The van der Waals surface area contributed by atoms with E-state index in [1.807, 2.05) is 12.2 Å². The molecule has 0 saturated carbocycles. The zero-order valence-corrected chi connectivity index (χ0v) is 38.3. The maximum absolute atomic E-state index is 12.7. The summed E-state index contributed by atoms with van der Waals surface area (Å²) in [4.78, 5) is 52.7. The van der Waals surface area contributed by atoms with Gasteiger partial charge in [0.15, 0.2) is 6.10 Å². The van der Waals surface area contributed by atoms with E-state index >= 15 is 0 Å². The highest BCUT2D eigenvalue weighted by atomic mass is 31.2. The summed E-state index contributed by atoms with van der Waals surface area (Å²) in [5, 5.41) is 9.75. The SMILES string of the molecule is CCCCC/C=C\CC1OC1C/C=C\C/C=C\CCCC(=O)O[C@H](COC(=O)CCCCCCCCC/C=C\CCCCCC)COP(=O)(O)OC[C@@H](O)COP(=O)(O)O. The number of phosphoric acid groups is 2. The van der Waals surface area contributed by atoms with Crippen molar-refractivity contribution < 1.29 is 66.3 Å². The number of unbranched alkanes of at least 4 members (excludes halogenated alkanes) is 15. The maximum atomic E-state index is 12.7. The highest BCUT2D eigenvalue weighted by Crippen LogP contribution is 2.44. The maximum Gasteiger partial charge on any atom is 0.472 e. The predicted octanol–water partition coefficient (Wildman–Crippen LogP) is 10.4. The number of carbonyl (C=O) groups is 2. The van der Waals surface area contributed by atoms with E-state index < -0.39 is 66.2 Å². The fraction of sp³-hybridized carbons (Fsp3) is 0.773. The molecule has 3 unspecified atom stereocenters. The Labute approximate surface area is 360 Å². The number of epoxide rings is 1. The van der Waals surface area contributed by atoms with Crippen LogP contribution < -0.4 is 0 Å². The predicted molar refractivity (Wildman–Crippen MR) is 234 cm³/mol. The van der Waals surface area contributed by atoms with Crippen LogP contribution in [-0.2, 0) is 46.5 Å². The van der Waals surface area contributed by atoms with Crippen molar-refractivity contribution in [3.63, 3.8) is 0 Å². The van der Waals surface area contributed by atoms with E-state index in [2.05, 4.69) is 59.4 Å². The number of rotatable bonds is 41. The van der Waals surface area contributed by atoms with Gasteiger partial charge in [-0.15, -0.1) is 0 Å². The average molecular weight is 893 g/mol. The van der Waals surface area contributed by atoms with Crippen LogP contribution in [0.25, 0.3) is 0 Å². The molecule has 1 aliphatic rings. The molecule has 1 aliphatic heterocycles. The van der Waals surface area contributed by atoms with Crippen LogP contribution in [0.5, 0.6) is 0 Å². The topological polar surface area (TPSA) is 208 Å². The van der Waals surface area contributed by atoms with Crippen LogP contribution in [0.2, 0.25) is 0 Å². The van der Waals surface area contributed by atoms with Crippen molar-refractivity contribution in [2.75, 3.05) is 26.4 Å². The Hall–Kier alpha value is -1.96. The van der Waals surface area contributed by atoms with Crippen molar-refractivity contribution in [2.24, 2.45) is 0 Å². The highest BCUT2D eigenvalue weighted by Gasteiger charge is 2.36. The number of aliphatic hydroxyl groups is 1. The molecule has 0 radical (unpaired) electrons. The van der Waals surface area contributed by atoms with E-state index in [1.54, 1.807) is 0 Å². The molecule has 0 aliphatic carbocycles. The van der Waals surface area contributed by atoms with Crippen molar-refractivity contribution in [1.82, 2.24) is 0 Å². The zero-order chi connectivity index (χ0) is 44.2. The molecule has 1 saturated heterocycles. The summed E-state index contributed by atoms with van der Waals surface area (Å²) in [6.45, 7) is 1.64. The first kappa shape index (κ1) is 56.1. The van der Waals surface area contributed by atoms with Crippen LogP contribution in [0.15, 0.2) is 48.6 Å². The first-order valence-electron chi connectivity index (χ1n) is 22.5. The Morgan fingerprint density at radius 3 is 1.68 bits per heavy atom. The number of allylic oxidation sites excluding steroid dienone is 6. The fourth-order valence-corrected chi connectivity index (χ4v) is 7.18. The van der Waals surface area contributed by atoms with E-state index in [9.17, 15) is 28.7 Å². The molecule has 0 amide bonds. The minimum absolute atomic E-state index is 0.0486. The van der Waals surface area contributed by atoms with Gasteiger partial charge in [-0.1, -0.05) is 127 Å². The van der Waals surface area contributed by atoms with Gasteiger partial charge in [0.1, 0.15) is 12.7 Å². The number of phosphoric ester groups is 2. The molecule has 16 heteroatoms. The second kappa shape index (κ2) is 36.5. The van der Waals surface area contributed by atoms with Gasteiger partial charge in [-0.05, 0) is 77.0 Å². The number of carbonyl (C=O) groups excluding carboxylic acids is 2. The van der Waals surface area contributed by atoms with Gasteiger partial charge in [0.25, 0.3) is 0 Å². The number of ether oxygens (including phenoxy) is 3. The third-order valence-corrected chi connectivity index (χ3v) is 11.0. The summed E-state index contributed by atoms with van der Waals surface area (Å²) in [6.07, 6.45) is 38.5. The minimum Gasteiger partial charge on any atom is -0.462 e. The lowest BCUT2D eigenvalue weighted by molar-refractivity contribution is -0.161. The fourth-order valence-electron chi connectivity index (χ4n) is 6.02. The Morgan fingerprint density at radius 1 is 0.567 bits per heavy atom. The summed E-state index contributed by atoms with van der Waals surface area (Å²) >= 11 is 0. The molecular formula is C44H78O14P2. The first-order valence-corrected chi connectivity index (χ1v) is 25.5. The summed E-state index contributed by atoms with van der Waals surface area (Å²) in [6, 6.07) is 0. The number of esters is 2. The normalized spacial score (nSPS) is 17.8. The molecule has 1 rings (SSSR count). The molecule has 1 fully saturated rings. The van der Waals surface area contributed by atoms with Crippen molar-refractivity contribution in [3.8, 4) is 0 Å². The van der Waals surface area contributed by atoms with Crippen molar-refractivity contribution >= 4 is 27.6 Å². The Balaban J connectivity index is 2.40. The minimum atomic E-state index is -4.87. The summed E-state index contributed by atoms with van der Waals surface area (Å²) in [7, 11) is -9.70. The Morgan fingerprint density at radius 2 is 1.03 bits per heavy atom. The van der Waals surface area contributed by atoms with Crippen LogP contribution in [0, 0.1) is 0 Å². The van der Waals surface area contributed by atoms with E-state index in [4.69, 9.17) is 28.5 Å². The number of aliphatic hydroxyl groups excluding tert-OH is 1. The lowest BCUT2D eigenvalue weighted by atomic mass is 10.1. The second-order valence-corrected chi connectivity index (χ2v) is 18.0. The van der Waals surface area contributed by atoms with E-state index in [-0.39, 0.29) is 12.8 Å². The summed E-state index contributed by atoms with van der Waals surface area (Å²) in [5.74, 6) is -1.11. The van der Waals surface area contributed by atoms with Crippen LogP contribution >= 0.6 is 15.6 Å². The molecule has 0 aromatic carbocycles. The van der Waals surface area contributed by atoms with E-state index in [0.717, 1.165) is 57.8 Å². The smallest absolute Gasteiger partial charge is 0.462 e. The average Bonchev–Trinajstić information content (AvgIpc) is 3.96. The quantitative estimate of drug-likeness (QED) is 0.0148. The molecule has 14 nitrogen and oxygen atoms in total. The van der Waals surface area contributed by atoms with Crippen LogP contribution in [0.1, 0.15) is 168 Å². The van der Waals surface area contributed by atoms with Gasteiger partial charge in [0.05, 0.1) is 32.0 Å². The van der Waals surface area contributed by atoms with Crippen LogP contribution in [-0.4, -0.2) is 82.6 Å². The monoisotopic (exact) mass is 892 g/mol. The molecule has 5 atom stereocenters. The lowest BCUT2D eigenvalue weighted by Crippen LogP contribution is -2.29. The van der Waals surface area contributed by atoms with Gasteiger partial charge < -0.3 is 34.0 Å².